The van der Waals surface area contributed by atoms with E-state index in [1.54, 1.807) is 0 Å². The van der Waals surface area contributed by atoms with Crippen LogP contribution in [-0.2, 0) is 23.7 Å². The van der Waals surface area contributed by atoms with Gasteiger partial charge in [0.1, 0.15) is 6.54 Å². The lowest BCUT2D eigenvalue weighted by Gasteiger charge is -2.02. The van der Waals surface area contributed by atoms with Crippen molar-refractivity contribution in [2.75, 3.05) is 18.5 Å². The molecule has 0 aromatic carbocycles. The molecular weight excluding hydrogens is 324 g/mol. The first kappa shape index (κ1) is 16.9. The number of hydrogen-bond donors (Lipinski definition) is 3. The highest BCUT2D eigenvalue weighted by atomic mass is 16.4. The van der Waals surface area contributed by atoms with Crippen LogP contribution in [0.25, 0.3) is 11.2 Å². The van der Waals surface area contributed by atoms with Gasteiger partial charge in [-0.1, -0.05) is 5.22 Å². The van der Waals surface area contributed by atoms with Gasteiger partial charge in [-0.2, -0.15) is 10.1 Å². The lowest BCUT2D eigenvalue weighted by Crippen LogP contribution is -2.38. The molecule has 0 radical (unpaired) electrons. The van der Waals surface area contributed by atoms with Crippen LogP contribution in [0.4, 0.5) is 5.95 Å². The van der Waals surface area contributed by atoms with Crippen molar-refractivity contribution in [2.45, 2.75) is 0 Å². The third kappa shape index (κ3) is 3.45. The van der Waals surface area contributed by atoms with Crippen molar-refractivity contribution in [3.05, 3.63) is 20.8 Å². The number of amides is 1. The second kappa shape index (κ2) is 6.72. The number of carbonyl (C=O) groups excluding carboxylic acids is 2. The fourth-order valence-corrected chi connectivity index (χ4v) is 1.79. The molecule has 1 amide bonds. The van der Waals surface area contributed by atoms with Gasteiger partial charge >= 0.3 is 5.69 Å². The Hall–Kier alpha value is -3.51. The lowest BCUT2D eigenvalue weighted by atomic mass is 10.5. The molecule has 2 aromatic rings. The number of aromatic amines is 1. The maximum Gasteiger partial charge on any atom is 0.332 e. The van der Waals surface area contributed by atoms with Crippen LogP contribution < -0.4 is 27.1 Å². The molecule has 128 valence electrons. The Labute approximate surface area is 133 Å². The van der Waals surface area contributed by atoms with Gasteiger partial charge in [0.05, 0.1) is 12.5 Å². The molecule has 0 bridgehead atoms. The van der Waals surface area contributed by atoms with E-state index in [2.05, 4.69) is 25.7 Å². The number of carbonyl (C=O) groups is 2. The van der Waals surface area contributed by atoms with Crippen molar-refractivity contribution in [1.29, 1.82) is 0 Å². The number of fused-ring (bicyclic) bond motifs is 1. The van der Waals surface area contributed by atoms with Gasteiger partial charge in [-0.15, -0.1) is 0 Å². The Bertz CT molecular complexity index is 936. The molecular formula is C11H13N8O5-. The summed E-state index contributed by atoms with van der Waals surface area (Å²) in [6.45, 7) is -1.04. The number of imidazole rings is 1. The third-order valence-electron chi connectivity index (χ3n) is 2.97. The largest absolute Gasteiger partial charge is 0.548 e. The van der Waals surface area contributed by atoms with Crippen molar-refractivity contribution < 1.29 is 14.7 Å². The van der Waals surface area contributed by atoms with E-state index in [9.17, 15) is 24.3 Å². The standard InChI is InChI=1S/C11H14N8O5/c1-18-8-7(9(23)19(2)11(18)24)14-10(15-8)16-17-13-3-5(20)12-4-6(21)22/h3-4H2,1-2H3,(H,12,20)(H,21,22)(H2,13,14,15,16)/p-1. The van der Waals surface area contributed by atoms with Crippen LogP contribution in [0, 0.1) is 0 Å². The molecule has 24 heavy (non-hydrogen) atoms. The summed E-state index contributed by atoms with van der Waals surface area (Å²) in [5.74, 6) is -2.04. The Morgan fingerprint density at radius 3 is 2.67 bits per heavy atom. The van der Waals surface area contributed by atoms with Gasteiger partial charge in [-0.3, -0.25) is 18.7 Å². The van der Waals surface area contributed by atoms with E-state index in [0.29, 0.717) is 0 Å². The van der Waals surface area contributed by atoms with Gasteiger partial charge < -0.3 is 20.2 Å². The zero-order valence-corrected chi connectivity index (χ0v) is 12.7. The maximum absolute atomic E-state index is 12.0. The molecule has 3 N–H and O–H groups in total. The number of nitrogens with zero attached hydrogens (tertiary/aromatic N) is 5. The Morgan fingerprint density at radius 1 is 1.29 bits per heavy atom. The number of anilines is 1. The van der Waals surface area contributed by atoms with Crippen LogP contribution in [0.15, 0.2) is 19.9 Å². The van der Waals surface area contributed by atoms with Crippen molar-refractivity contribution >= 4 is 29.0 Å². The van der Waals surface area contributed by atoms with E-state index >= 15 is 0 Å². The molecule has 0 aliphatic carbocycles. The summed E-state index contributed by atoms with van der Waals surface area (Å²) in [7, 11) is 2.79. The number of carboxylic acids is 1. The number of aryl methyl sites for hydroxylation is 1. The second-order valence-electron chi connectivity index (χ2n) is 4.65. The monoisotopic (exact) mass is 337 g/mol. The van der Waals surface area contributed by atoms with Crippen molar-refractivity contribution in [3.63, 3.8) is 0 Å². The molecule has 0 aliphatic heterocycles. The van der Waals surface area contributed by atoms with Crippen LogP contribution in [0.5, 0.6) is 0 Å². The summed E-state index contributed by atoms with van der Waals surface area (Å²) < 4.78 is 2.11. The molecule has 13 nitrogen and oxygen atoms in total. The predicted molar refractivity (Wildman–Crippen MR) is 77.9 cm³/mol. The van der Waals surface area contributed by atoms with Gasteiger partial charge in [-0.05, 0) is 0 Å². The second-order valence-corrected chi connectivity index (χ2v) is 4.65. The Kier molecular flexibility index (Phi) is 4.72. The van der Waals surface area contributed by atoms with Crippen LogP contribution in [0.3, 0.4) is 0 Å². The molecule has 0 aliphatic rings. The highest BCUT2D eigenvalue weighted by Crippen LogP contribution is 2.07. The molecule has 0 unspecified atom stereocenters. The molecule has 0 fully saturated rings. The van der Waals surface area contributed by atoms with Crippen LogP contribution in [0.1, 0.15) is 0 Å². The summed E-state index contributed by atoms with van der Waals surface area (Å²) in [5, 5.41) is 19.1. The molecule has 2 aromatic heterocycles. The molecule has 0 saturated heterocycles. The molecule has 0 spiro atoms. The predicted octanol–water partition coefficient (Wildman–Crippen LogP) is -3.39. The smallest absolute Gasteiger partial charge is 0.332 e. The summed E-state index contributed by atoms with van der Waals surface area (Å²) in [6.07, 6.45) is 0. The number of aromatic nitrogens is 4. The minimum absolute atomic E-state index is 0.0437. The Balaban J connectivity index is 2.08. The van der Waals surface area contributed by atoms with Gasteiger partial charge in [0, 0.05) is 14.1 Å². The maximum atomic E-state index is 12.0. The molecule has 2 heterocycles. The number of nitrogens with one attached hydrogen (secondary N) is 3. The Morgan fingerprint density at radius 2 is 2.00 bits per heavy atom. The van der Waals surface area contributed by atoms with Crippen molar-refractivity contribution in [2.24, 2.45) is 24.4 Å². The summed E-state index contributed by atoms with van der Waals surface area (Å²) in [6, 6.07) is 0. The van der Waals surface area contributed by atoms with Gasteiger partial charge in [-0.25, -0.2) is 10.2 Å². The first-order chi connectivity index (χ1) is 11.3. The average molecular weight is 337 g/mol. The van der Waals surface area contributed by atoms with E-state index in [1.165, 1.54) is 18.7 Å². The molecule has 2 rings (SSSR count). The highest BCUT2D eigenvalue weighted by molar-refractivity contribution is 5.81. The minimum atomic E-state index is -1.42. The number of rotatable bonds is 6. The summed E-state index contributed by atoms with van der Waals surface area (Å²) in [4.78, 5) is 51.7. The van der Waals surface area contributed by atoms with Gasteiger partial charge in [0.25, 0.3) is 5.56 Å². The summed E-state index contributed by atoms with van der Waals surface area (Å²) >= 11 is 0. The topological polar surface area (TPSA) is 179 Å². The van der Waals surface area contributed by atoms with E-state index in [0.717, 1.165) is 4.57 Å². The van der Waals surface area contributed by atoms with Crippen LogP contribution in [0.2, 0.25) is 0 Å². The van der Waals surface area contributed by atoms with E-state index in [1.807, 2.05) is 5.32 Å². The average Bonchev–Trinajstić information content (AvgIpc) is 2.97. The number of carboxylic acid groups (broad SMARTS) is 1. The van der Waals surface area contributed by atoms with E-state index in [-0.39, 0.29) is 17.1 Å². The normalized spacial score (nSPS) is 11.1. The van der Waals surface area contributed by atoms with Crippen molar-refractivity contribution in [1.82, 2.24) is 24.4 Å². The first-order valence-corrected chi connectivity index (χ1v) is 6.56. The highest BCUT2D eigenvalue weighted by Gasteiger charge is 2.13. The quantitative estimate of drug-likeness (QED) is 0.363. The number of hydrogen-bond acceptors (Lipinski definition) is 8. The molecule has 0 atom stereocenters. The van der Waals surface area contributed by atoms with Crippen molar-refractivity contribution in [3.8, 4) is 0 Å². The fraction of sp³-hybridized carbons (Fsp3) is 0.364. The van der Waals surface area contributed by atoms with E-state index < -0.39 is 36.2 Å². The van der Waals surface area contributed by atoms with Gasteiger partial charge in [0.15, 0.2) is 11.2 Å². The fourth-order valence-electron chi connectivity index (χ4n) is 1.79. The summed E-state index contributed by atoms with van der Waals surface area (Å²) in [5.41, 5.74) is 1.52. The zero-order valence-electron chi connectivity index (χ0n) is 12.7. The molecule has 13 heteroatoms. The van der Waals surface area contributed by atoms with Gasteiger partial charge in [0.2, 0.25) is 11.9 Å². The van der Waals surface area contributed by atoms with Crippen LogP contribution >= 0.6 is 0 Å². The van der Waals surface area contributed by atoms with Crippen LogP contribution in [-0.4, -0.2) is 44.1 Å². The van der Waals surface area contributed by atoms with E-state index in [4.69, 9.17) is 0 Å². The molecule has 0 saturated carbocycles. The first-order valence-electron chi connectivity index (χ1n) is 6.56. The number of aliphatic carboxylic acids is 1. The zero-order chi connectivity index (χ0) is 17.9. The lowest BCUT2D eigenvalue weighted by molar-refractivity contribution is -0.304. The minimum Gasteiger partial charge on any atom is -0.548 e. The SMILES string of the molecule is Cn1c(=O)c2[nH]c(NN=NCC(=O)NCC(=O)[O-])nc2n(C)c1=O. The third-order valence-corrected chi connectivity index (χ3v) is 2.97. The number of H-pyrrole nitrogens is 1.